The molecule has 0 saturated heterocycles. The first-order valence-corrected chi connectivity index (χ1v) is 6.38. The van der Waals surface area contributed by atoms with E-state index >= 15 is 0 Å². The van der Waals surface area contributed by atoms with Crippen molar-refractivity contribution in [3.05, 3.63) is 42.1 Å². The van der Waals surface area contributed by atoms with Crippen LogP contribution in [-0.2, 0) is 0 Å². The van der Waals surface area contributed by atoms with Gasteiger partial charge in [0.1, 0.15) is 5.82 Å². The summed E-state index contributed by atoms with van der Waals surface area (Å²) in [6.45, 7) is 2.08. The number of pyridine rings is 1. The van der Waals surface area contributed by atoms with Gasteiger partial charge >= 0.3 is 0 Å². The van der Waals surface area contributed by atoms with Crippen molar-refractivity contribution in [2.24, 2.45) is 0 Å². The molecular weight excluding hydrogens is 244 g/mol. The molecule has 0 amide bonds. The fraction of sp³-hybridized carbons (Fsp3) is 0.0769. The summed E-state index contributed by atoms with van der Waals surface area (Å²) in [7, 11) is 0. The highest BCUT2D eigenvalue weighted by Gasteiger charge is 2.04. The number of aryl methyl sites for hydroxylation is 1. The summed E-state index contributed by atoms with van der Waals surface area (Å²) >= 11 is 1.61. The Labute approximate surface area is 109 Å². The van der Waals surface area contributed by atoms with Crippen molar-refractivity contribution >= 4 is 38.2 Å². The van der Waals surface area contributed by atoms with E-state index in [4.69, 9.17) is 5.73 Å². The lowest BCUT2D eigenvalue weighted by molar-refractivity contribution is 1.30. The smallest absolute Gasteiger partial charge is 0.189 e. The van der Waals surface area contributed by atoms with Gasteiger partial charge in [-0.15, -0.1) is 0 Å². The van der Waals surface area contributed by atoms with Crippen molar-refractivity contribution < 1.29 is 0 Å². The van der Waals surface area contributed by atoms with Crippen LogP contribution in [0.5, 0.6) is 0 Å². The molecule has 0 atom stereocenters. The van der Waals surface area contributed by atoms with Crippen molar-refractivity contribution in [2.45, 2.75) is 6.92 Å². The summed E-state index contributed by atoms with van der Waals surface area (Å²) in [5.41, 5.74) is 8.63. The zero-order chi connectivity index (χ0) is 12.5. The number of nitrogens with one attached hydrogen (secondary N) is 1. The first kappa shape index (κ1) is 11.0. The molecule has 0 saturated carbocycles. The Kier molecular flexibility index (Phi) is 2.60. The van der Waals surface area contributed by atoms with E-state index in [1.54, 1.807) is 29.7 Å². The highest BCUT2D eigenvalue weighted by molar-refractivity contribution is 7.22. The molecule has 0 radical (unpaired) electrons. The fourth-order valence-electron chi connectivity index (χ4n) is 1.71. The normalized spacial score (nSPS) is 10.7. The average molecular weight is 256 g/mol. The van der Waals surface area contributed by atoms with E-state index in [1.165, 1.54) is 10.3 Å². The molecule has 2 heterocycles. The van der Waals surface area contributed by atoms with Crippen molar-refractivity contribution in [3.8, 4) is 0 Å². The zero-order valence-corrected chi connectivity index (χ0v) is 10.7. The number of nitrogen functional groups attached to an aromatic ring is 1. The van der Waals surface area contributed by atoms with Crippen molar-refractivity contribution in [3.63, 3.8) is 0 Å². The summed E-state index contributed by atoms with van der Waals surface area (Å²) in [6, 6.07) is 9.76. The van der Waals surface area contributed by atoms with Crippen LogP contribution in [0.4, 0.5) is 16.6 Å². The second kappa shape index (κ2) is 4.27. The summed E-state index contributed by atoms with van der Waals surface area (Å²) in [6.07, 6.45) is 1.68. The minimum Gasteiger partial charge on any atom is -0.399 e. The number of nitrogens with two attached hydrogens (primary N) is 1. The van der Waals surface area contributed by atoms with Crippen LogP contribution in [0, 0.1) is 6.92 Å². The second-order valence-electron chi connectivity index (χ2n) is 4.09. The van der Waals surface area contributed by atoms with Gasteiger partial charge in [0.25, 0.3) is 0 Å². The Hall–Kier alpha value is -2.14. The Morgan fingerprint density at radius 1 is 1.22 bits per heavy atom. The molecule has 3 aromatic rings. The highest BCUT2D eigenvalue weighted by atomic mass is 32.1. The highest BCUT2D eigenvalue weighted by Crippen LogP contribution is 2.28. The zero-order valence-electron chi connectivity index (χ0n) is 9.84. The van der Waals surface area contributed by atoms with Gasteiger partial charge in [0, 0.05) is 18.0 Å². The standard InChI is InChI=1S/C13H12N4S/c1-8-2-3-10-11(6-8)18-13(16-10)17-12-7-9(14)4-5-15-12/h2-7H,1H3,(H3,14,15,16,17). The van der Waals surface area contributed by atoms with E-state index in [-0.39, 0.29) is 0 Å². The molecule has 2 aromatic heterocycles. The van der Waals surface area contributed by atoms with Crippen LogP contribution >= 0.6 is 11.3 Å². The maximum absolute atomic E-state index is 5.71. The maximum Gasteiger partial charge on any atom is 0.189 e. The molecule has 3 rings (SSSR count). The molecule has 0 unspecified atom stereocenters. The molecule has 0 fully saturated rings. The maximum atomic E-state index is 5.71. The quantitative estimate of drug-likeness (QED) is 0.738. The largest absolute Gasteiger partial charge is 0.399 e. The minimum absolute atomic E-state index is 0.685. The number of hydrogen-bond donors (Lipinski definition) is 2. The third-order valence-electron chi connectivity index (χ3n) is 2.56. The monoisotopic (exact) mass is 256 g/mol. The fourth-order valence-corrected chi connectivity index (χ4v) is 2.68. The van der Waals surface area contributed by atoms with E-state index in [0.717, 1.165) is 10.6 Å². The topological polar surface area (TPSA) is 63.8 Å². The summed E-state index contributed by atoms with van der Waals surface area (Å²) < 4.78 is 1.17. The number of thiazole rings is 1. The van der Waals surface area contributed by atoms with E-state index in [9.17, 15) is 0 Å². The van der Waals surface area contributed by atoms with E-state index in [0.29, 0.717) is 11.5 Å². The van der Waals surface area contributed by atoms with E-state index < -0.39 is 0 Å². The van der Waals surface area contributed by atoms with Gasteiger partial charge < -0.3 is 11.1 Å². The molecule has 18 heavy (non-hydrogen) atoms. The molecule has 0 bridgehead atoms. The number of nitrogens with zero attached hydrogens (tertiary/aromatic N) is 2. The van der Waals surface area contributed by atoms with E-state index in [2.05, 4.69) is 34.3 Å². The molecule has 0 aliphatic heterocycles. The Bertz CT molecular complexity index is 705. The Balaban J connectivity index is 1.95. The van der Waals surface area contributed by atoms with Crippen LogP contribution in [0.1, 0.15) is 5.56 Å². The average Bonchev–Trinajstić information content (AvgIpc) is 2.70. The number of fused-ring (bicyclic) bond motifs is 1. The first-order valence-electron chi connectivity index (χ1n) is 5.56. The van der Waals surface area contributed by atoms with Gasteiger partial charge in [-0.1, -0.05) is 17.4 Å². The van der Waals surface area contributed by atoms with Crippen LogP contribution in [0.25, 0.3) is 10.2 Å². The SMILES string of the molecule is Cc1ccc2nc(Nc3cc(N)ccn3)sc2c1. The van der Waals surface area contributed by atoms with Gasteiger partial charge in [0.2, 0.25) is 0 Å². The van der Waals surface area contributed by atoms with Crippen molar-refractivity contribution in [1.82, 2.24) is 9.97 Å². The molecule has 4 nitrogen and oxygen atoms in total. The molecular formula is C13H12N4S. The predicted octanol–water partition coefficient (Wildman–Crippen LogP) is 3.33. The van der Waals surface area contributed by atoms with Crippen LogP contribution in [0.15, 0.2) is 36.5 Å². The minimum atomic E-state index is 0.685. The van der Waals surface area contributed by atoms with Crippen LogP contribution in [0.3, 0.4) is 0 Å². The molecule has 0 spiro atoms. The molecule has 1 aromatic carbocycles. The molecule has 0 aliphatic rings. The molecule has 3 N–H and O–H groups in total. The lowest BCUT2D eigenvalue weighted by Gasteiger charge is -2.01. The lowest BCUT2D eigenvalue weighted by Crippen LogP contribution is -1.94. The number of hydrogen-bond acceptors (Lipinski definition) is 5. The van der Waals surface area contributed by atoms with Gasteiger partial charge in [-0.2, -0.15) is 0 Å². The van der Waals surface area contributed by atoms with Gasteiger partial charge in [0.05, 0.1) is 10.2 Å². The summed E-state index contributed by atoms with van der Waals surface area (Å²) in [5, 5.41) is 4.00. The van der Waals surface area contributed by atoms with Crippen LogP contribution in [-0.4, -0.2) is 9.97 Å². The molecule has 90 valence electrons. The van der Waals surface area contributed by atoms with E-state index in [1.807, 2.05) is 6.07 Å². The van der Waals surface area contributed by atoms with Crippen LogP contribution < -0.4 is 11.1 Å². The molecule has 0 aliphatic carbocycles. The molecule has 5 heteroatoms. The number of benzene rings is 1. The van der Waals surface area contributed by atoms with Crippen molar-refractivity contribution in [1.29, 1.82) is 0 Å². The summed E-state index contributed by atoms with van der Waals surface area (Å²) in [4.78, 5) is 8.70. The Morgan fingerprint density at radius 3 is 2.94 bits per heavy atom. The Morgan fingerprint density at radius 2 is 2.11 bits per heavy atom. The number of anilines is 3. The lowest BCUT2D eigenvalue weighted by atomic mass is 10.2. The van der Waals surface area contributed by atoms with Gasteiger partial charge in [0.15, 0.2) is 5.13 Å². The first-order chi connectivity index (χ1) is 8.70. The van der Waals surface area contributed by atoms with Gasteiger partial charge in [-0.05, 0) is 30.7 Å². The van der Waals surface area contributed by atoms with Gasteiger partial charge in [-0.25, -0.2) is 9.97 Å². The third kappa shape index (κ3) is 2.12. The van der Waals surface area contributed by atoms with Gasteiger partial charge in [-0.3, -0.25) is 0 Å². The predicted molar refractivity (Wildman–Crippen MR) is 76.3 cm³/mol. The third-order valence-corrected chi connectivity index (χ3v) is 3.50. The number of aromatic nitrogens is 2. The van der Waals surface area contributed by atoms with Crippen LogP contribution in [0.2, 0.25) is 0 Å². The number of rotatable bonds is 2. The summed E-state index contributed by atoms with van der Waals surface area (Å²) in [5.74, 6) is 0.714. The second-order valence-corrected chi connectivity index (χ2v) is 5.12. The van der Waals surface area contributed by atoms with Crippen molar-refractivity contribution in [2.75, 3.05) is 11.1 Å².